The van der Waals surface area contributed by atoms with Gasteiger partial charge in [-0.15, -0.1) is 45.3 Å². The van der Waals surface area contributed by atoms with E-state index in [4.69, 9.17) is 8.75 Å². The quantitative estimate of drug-likeness (QED) is 0.118. The number of fused-ring (bicyclic) bond motifs is 1. The number of thiophene rings is 4. The van der Waals surface area contributed by atoms with E-state index in [1.807, 2.05) is 45.3 Å². The fourth-order valence-electron chi connectivity index (χ4n) is 6.46. The summed E-state index contributed by atoms with van der Waals surface area (Å²) in [7, 11) is 0. The number of nitrogens with zero attached hydrogens (tertiary/aromatic N) is 2. The van der Waals surface area contributed by atoms with Crippen LogP contribution in [0.5, 0.6) is 0 Å². The summed E-state index contributed by atoms with van der Waals surface area (Å²) >= 11 is 9.14. The van der Waals surface area contributed by atoms with Crippen LogP contribution in [-0.2, 0) is 23.7 Å². The summed E-state index contributed by atoms with van der Waals surface area (Å²) in [5.74, 6) is 1.20. The Morgan fingerprint density at radius 3 is 1.73 bits per heavy atom. The fraction of sp³-hybridized carbons (Fsp3) is 0.463. The van der Waals surface area contributed by atoms with Gasteiger partial charge in [0.2, 0.25) is 0 Å². The summed E-state index contributed by atoms with van der Waals surface area (Å²) in [5.41, 5.74) is 7.88. The van der Waals surface area contributed by atoms with Crippen molar-refractivity contribution in [2.24, 2.45) is 11.8 Å². The maximum atomic E-state index is 4.93. The van der Waals surface area contributed by atoms with E-state index in [9.17, 15) is 0 Å². The zero-order chi connectivity index (χ0) is 34.4. The zero-order valence-electron chi connectivity index (χ0n) is 30.2. The molecule has 0 amide bonds. The van der Waals surface area contributed by atoms with Gasteiger partial charge in [0, 0.05) is 55.6 Å². The van der Waals surface area contributed by atoms with E-state index in [0.29, 0.717) is 11.8 Å². The van der Waals surface area contributed by atoms with Crippen molar-refractivity contribution < 1.29 is 0 Å². The molecular weight excluding hydrogens is 681 g/mol. The number of rotatable bonds is 13. The van der Waals surface area contributed by atoms with Crippen molar-refractivity contribution in [1.29, 1.82) is 0 Å². The van der Waals surface area contributed by atoms with Gasteiger partial charge in [0.05, 0.1) is 11.7 Å². The van der Waals surface area contributed by atoms with Crippen LogP contribution in [0.1, 0.15) is 109 Å². The monoisotopic (exact) mass is 730 g/mol. The second kappa shape index (κ2) is 14.2. The maximum Gasteiger partial charge on any atom is 0.114 e. The summed E-state index contributed by atoms with van der Waals surface area (Å²) in [6.07, 6.45) is 5.62. The van der Waals surface area contributed by atoms with E-state index >= 15 is 0 Å². The molecule has 0 bridgehead atoms. The summed E-state index contributed by atoms with van der Waals surface area (Å²) in [6, 6.07) is 18.9. The minimum Gasteiger partial charge on any atom is -0.172 e. The molecule has 5 aromatic heterocycles. The highest BCUT2D eigenvalue weighted by atomic mass is 32.1. The molecule has 7 heteroatoms. The third-order valence-corrected chi connectivity index (χ3v) is 16.3. The minimum atomic E-state index is 0.201. The van der Waals surface area contributed by atoms with Gasteiger partial charge in [-0.2, -0.15) is 8.75 Å². The van der Waals surface area contributed by atoms with E-state index in [2.05, 4.69) is 118 Å². The standard InChI is InChI=1S/C41H50N2S5/c1-11-40(8,9)35-19-18-31(45-35)30-16-17-32(44-30)38-26(20-24(4)5)22-33(46-38)28-14-15-29(37-36(28)42-48-43-37)34-23-27(21-25(6)7)39(47-34)41(10,12-2)13-3/h14-19,22-25H,11-13,20-21H2,1-10H3. The van der Waals surface area contributed by atoms with E-state index in [-0.39, 0.29) is 10.8 Å². The van der Waals surface area contributed by atoms with Crippen LogP contribution in [0.15, 0.2) is 48.5 Å². The Morgan fingerprint density at radius 2 is 1.12 bits per heavy atom. The fourth-order valence-corrected chi connectivity index (χ4v) is 12.2. The first kappa shape index (κ1) is 35.7. The molecule has 0 radical (unpaired) electrons. The van der Waals surface area contributed by atoms with Crippen molar-refractivity contribution in [2.45, 2.75) is 112 Å². The molecule has 0 aliphatic heterocycles. The lowest BCUT2D eigenvalue weighted by Crippen LogP contribution is -2.20. The van der Waals surface area contributed by atoms with Crippen LogP contribution in [0.4, 0.5) is 0 Å². The highest BCUT2D eigenvalue weighted by Crippen LogP contribution is 2.49. The minimum absolute atomic E-state index is 0.201. The first-order valence-corrected chi connectivity index (χ1v) is 21.6. The topological polar surface area (TPSA) is 25.8 Å². The summed E-state index contributed by atoms with van der Waals surface area (Å²) < 4.78 is 9.86. The van der Waals surface area contributed by atoms with Crippen LogP contribution < -0.4 is 0 Å². The molecule has 0 saturated carbocycles. The Bertz CT molecular complexity index is 2000. The van der Waals surface area contributed by atoms with Gasteiger partial charge in [-0.3, -0.25) is 0 Å². The molecule has 2 nitrogen and oxygen atoms in total. The Labute approximate surface area is 308 Å². The summed E-state index contributed by atoms with van der Waals surface area (Å²) in [5, 5.41) is 0. The molecule has 0 fully saturated rings. The highest BCUT2D eigenvalue weighted by molar-refractivity contribution is 7.27. The van der Waals surface area contributed by atoms with Crippen LogP contribution in [-0.4, -0.2) is 8.75 Å². The molecule has 6 rings (SSSR count). The SMILES string of the molecule is CCC(C)(C)c1ccc(-c2ccc(-c3sc(-c4ccc(-c5cc(CC(C)C)c(C(C)(CC)CC)s5)c5nsnc45)cc3CC(C)C)s2)s1. The molecule has 0 N–H and O–H groups in total. The number of aromatic nitrogens is 2. The van der Waals surface area contributed by atoms with Crippen molar-refractivity contribution in [3.63, 3.8) is 0 Å². The second-order valence-corrected chi connectivity index (χ2v) is 19.9. The lowest BCUT2D eigenvalue weighted by molar-refractivity contribution is 0.442. The predicted octanol–water partition coefficient (Wildman–Crippen LogP) is 14.8. The normalized spacial score (nSPS) is 12.8. The Morgan fingerprint density at radius 1 is 0.583 bits per heavy atom. The highest BCUT2D eigenvalue weighted by Gasteiger charge is 2.29. The number of hydrogen-bond donors (Lipinski definition) is 0. The lowest BCUT2D eigenvalue weighted by Gasteiger charge is -2.27. The zero-order valence-corrected chi connectivity index (χ0v) is 34.3. The predicted molar refractivity (Wildman–Crippen MR) is 219 cm³/mol. The van der Waals surface area contributed by atoms with Crippen LogP contribution in [0.2, 0.25) is 0 Å². The molecule has 0 aliphatic rings. The number of hydrogen-bond acceptors (Lipinski definition) is 7. The van der Waals surface area contributed by atoms with E-state index in [1.165, 1.54) is 68.1 Å². The van der Waals surface area contributed by atoms with Crippen LogP contribution in [0, 0.1) is 11.8 Å². The molecular formula is C41H50N2S5. The molecule has 6 aromatic rings. The van der Waals surface area contributed by atoms with Gasteiger partial charge < -0.3 is 0 Å². The van der Waals surface area contributed by atoms with Crippen molar-refractivity contribution in [3.05, 3.63) is 69.4 Å². The molecule has 0 aliphatic carbocycles. The average Bonchev–Trinajstić information content (AvgIpc) is 3.89. The third-order valence-electron chi connectivity index (χ3n) is 10.2. The molecule has 0 saturated heterocycles. The van der Waals surface area contributed by atoms with Crippen molar-refractivity contribution >= 4 is 68.1 Å². The number of benzene rings is 1. The van der Waals surface area contributed by atoms with Gasteiger partial charge in [-0.25, -0.2) is 0 Å². The van der Waals surface area contributed by atoms with Crippen molar-refractivity contribution in [2.75, 3.05) is 0 Å². The van der Waals surface area contributed by atoms with Crippen LogP contribution >= 0.6 is 57.1 Å². The molecule has 48 heavy (non-hydrogen) atoms. The average molecular weight is 731 g/mol. The van der Waals surface area contributed by atoms with E-state index in [0.717, 1.165) is 43.1 Å². The first-order chi connectivity index (χ1) is 22.9. The third kappa shape index (κ3) is 6.92. The molecule has 1 aromatic carbocycles. The first-order valence-electron chi connectivity index (χ1n) is 17.6. The van der Waals surface area contributed by atoms with Gasteiger partial charge in [0.25, 0.3) is 0 Å². The summed E-state index contributed by atoms with van der Waals surface area (Å²) in [4.78, 5) is 11.2. The second-order valence-electron chi connectivity index (χ2n) is 15.1. The molecule has 5 heterocycles. The smallest absolute Gasteiger partial charge is 0.114 e. The van der Waals surface area contributed by atoms with Gasteiger partial charge in [0.1, 0.15) is 11.0 Å². The Hall–Kier alpha value is -2.16. The van der Waals surface area contributed by atoms with E-state index < -0.39 is 0 Å². The lowest BCUT2D eigenvalue weighted by atomic mass is 9.80. The van der Waals surface area contributed by atoms with Gasteiger partial charge in [-0.05, 0) is 96.9 Å². The molecule has 0 spiro atoms. The van der Waals surface area contributed by atoms with Gasteiger partial charge in [0.15, 0.2) is 0 Å². The molecule has 0 unspecified atom stereocenters. The Kier molecular flexibility index (Phi) is 10.6. The molecule has 0 atom stereocenters. The van der Waals surface area contributed by atoms with Crippen LogP contribution in [0.25, 0.3) is 51.4 Å². The molecule has 254 valence electrons. The van der Waals surface area contributed by atoms with Crippen LogP contribution in [0.3, 0.4) is 0 Å². The van der Waals surface area contributed by atoms with Gasteiger partial charge >= 0.3 is 0 Å². The van der Waals surface area contributed by atoms with Gasteiger partial charge in [-0.1, -0.05) is 81.4 Å². The van der Waals surface area contributed by atoms with Crippen molar-refractivity contribution in [1.82, 2.24) is 8.75 Å². The Balaban J connectivity index is 1.40. The summed E-state index contributed by atoms with van der Waals surface area (Å²) in [6.45, 7) is 23.4. The van der Waals surface area contributed by atoms with Crippen molar-refractivity contribution in [3.8, 4) is 40.4 Å². The largest absolute Gasteiger partial charge is 0.172 e. The van der Waals surface area contributed by atoms with E-state index in [1.54, 1.807) is 4.88 Å². The maximum absolute atomic E-state index is 4.93.